The van der Waals surface area contributed by atoms with Crippen molar-refractivity contribution in [1.29, 1.82) is 0 Å². The zero-order valence-corrected chi connectivity index (χ0v) is 16.0. The Morgan fingerprint density at radius 2 is 2.00 bits per heavy atom. The number of carbonyl (C=O) groups excluding carboxylic acids is 1. The third-order valence-corrected chi connectivity index (χ3v) is 4.36. The van der Waals surface area contributed by atoms with Gasteiger partial charge in [0.05, 0.1) is 29.1 Å². The number of halogens is 3. The third-order valence-electron chi connectivity index (χ3n) is 3.47. The highest BCUT2D eigenvalue weighted by Gasteiger charge is 2.18. The number of rotatable bonds is 6. The first-order chi connectivity index (χ1) is 11.9. The average molecular weight is 404 g/mol. The summed E-state index contributed by atoms with van der Waals surface area (Å²) in [4.78, 5) is 26.1. The second kappa shape index (κ2) is 8.56. The first kappa shape index (κ1) is 19.6. The summed E-state index contributed by atoms with van der Waals surface area (Å²) < 4.78 is 1.10. The van der Waals surface area contributed by atoms with E-state index in [4.69, 9.17) is 34.8 Å². The van der Waals surface area contributed by atoms with E-state index < -0.39 is 5.56 Å². The lowest BCUT2D eigenvalue weighted by molar-refractivity contribution is -0.119. The van der Waals surface area contributed by atoms with Crippen LogP contribution in [0.25, 0.3) is 5.69 Å². The summed E-state index contributed by atoms with van der Waals surface area (Å²) in [6.07, 6.45) is 1.44. The number of benzene rings is 1. The summed E-state index contributed by atoms with van der Waals surface area (Å²) in [7, 11) is 0. The highest BCUT2D eigenvalue weighted by Crippen LogP contribution is 2.25. The first-order valence-corrected chi connectivity index (χ1v) is 8.77. The van der Waals surface area contributed by atoms with Crippen LogP contribution in [-0.4, -0.2) is 35.3 Å². The van der Waals surface area contributed by atoms with E-state index in [0.29, 0.717) is 29.5 Å². The van der Waals surface area contributed by atoms with Crippen LogP contribution in [-0.2, 0) is 4.79 Å². The monoisotopic (exact) mass is 402 g/mol. The lowest BCUT2D eigenvalue weighted by atomic mass is 10.3. The number of carbonyl (C=O) groups is 1. The molecular formula is C16H17Cl3N4O2. The Morgan fingerprint density at radius 3 is 2.60 bits per heavy atom. The summed E-state index contributed by atoms with van der Waals surface area (Å²) >= 11 is 18.3. The Morgan fingerprint density at radius 1 is 1.28 bits per heavy atom. The third kappa shape index (κ3) is 4.45. The van der Waals surface area contributed by atoms with Crippen LogP contribution in [0.2, 0.25) is 15.1 Å². The normalized spacial score (nSPS) is 10.6. The molecule has 25 heavy (non-hydrogen) atoms. The smallest absolute Gasteiger partial charge is 0.292 e. The molecule has 0 fully saturated rings. The van der Waals surface area contributed by atoms with Gasteiger partial charge in [0, 0.05) is 18.1 Å². The minimum absolute atomic E-state index is 0.0350. The Labute approximate surface area is 160 Å². The van der Waals surface area contributed by atoms with Gasteiger partial charge in [0.2, 0.25) is 5.91 Å². The number of anilines is 1. The fourth-order valence-electron chi connectivity index (χ4n) is 2.26. The molecule has 6 nitrogen and oxygen atoms in total. The quantitative estimate of drug-likeness (QED) is 0.804. The molecule has 1 aromatic heterocycles. The van der Waals surface area contributed by atoms with E-state index in [-0.39, 0.29) is 22.5 Å². The molecule has 0 aliphatic rings. The number of nitrogens with one attached hydrogen (secondary N) is 1. The Bertz CT molecular complexity index is 839. The first-order valence-electron chi connectivity index (χ1n) is 7.63. The van der Waals surface area contributed by atoms with Crippen LogP contribution in [0.15, 0.2) is 29.2 Å². The lowest BCUT2D eigenvalue weighted by Crippen LogP contribution is -2.38. The van der Waals surface area contributed by atoms with E-state index in [0.717, 1.165) is 4.68 Å². The van der Waals surface area contributed by atoms with Crippen molar-refractivity contribution in [2.75, 3.05) is 24.5 Å². The van der Waals surface area contributed by atoms with Gasteiger partial charge >= 0.3 is 0 Å². The van der Waals surface area contributed by atoms with E-state index in [1.54, 1.807) is 17.0 Å². The van der Waals surface area contributed by atoms with Gasteiger partial charge in [0.1, 0.15) is 5.02 Å². The van der Waals surface area contributed by atoms with Crippen molar-refractivity contribution >= 4 is 46.4 Å². The molecule has 0 saturated carbocycles. The zero-order valence-electron chi connectivity index (χ0n) is 13.7. The summed E-state index contributed by atoms with van der Waals surface area (Å²) in [5, 5.41) is 7.54. The van der Waals surface area contributed by atoms with E-state index in [1.807, 2.05) is 13.8 Å². The highest BCUT2D eigenvalue weighted by molar-refractivity contribution is 6.36. The number of hydrogen-bond donors (Lipinski definition) is 1. The van der Waals surface area contributed by atoms with Crippen LogP contribution in [0.4, 0.5) is 5.69 Å². The fraction of sp³-hybridized carbons (Fsp3) is 0.312. The molecule has 0 bridgehead atoms. The van der Waals surface area contributed by atoms with Crippen LogP contribution < -0.4 is 15.8 Å². The van der Waals surface area contributed by atoms with Gasteiger partial charge in [0.15, 0.2) is 0 Å². The van der Waals surface area contributed by atoms with Gasteiger partial charge in [-0.1, -0.05) is 34.8 Å². The van der Waals surface area contributed by atoms with E-state index in [9.17, 15) is 9.59 Å². The largest absolute Gasteiger partial charge is 0.360 e. The van der Waals surface area contributed by atoms with Crippen LogP contribution in [0.1, 0.15) is 13.8 Å². The van der Waals surface area contributed by atoms with E-state index in [2.05, 4.69) is 10.4 Å². The van der Waals surface area contributed by atoms with E-state index >= 15 is 0 Å². The van der Waals surface area contributed by atoms with E-state index in [1.165, 1.54) is 12.3 Å². The second-order valence-electron chi connectivity index (χ2n) is 5.12. The number of aromatic nitrogens is 2. The van der Waals surface area contributed by atoms with Crippen molar-refractivity contribution in [1.82, 2.24) is 15.1 Å². The molecule has 0 saturated heterocycles. The molecule has 2 rings (SSSR count). The van der Waals surface area contributed by atoms with Crippen LogP contribution in [0.5, 0.6) is 0 Å². The number of amides is 1. The van der Waals surface area contributed by atoms with Gasteiger partial charge in [-0.25, -0.2) is 0 Å². The molecule has 134 valence electrons. The molecule has 1 amide bonds. The van der Waals surface area contributed by atoms with Crippen molar-refractivity contribution in [3.63, 3.8) is 0 Å². The number of hydrogen-bond acceptors (Lipinski definition) is 4. The molecule has 0 atom stereocenters. The Balaban J connectivity index is 2.42. The maximum atomic E-state index is 12.6. The molecule has 0 radical (unpaired) electrons. The number of nitrogens with zero attached hydrogens (tertiary/aromatic N) is 3. The molecule has 2 aromatic rings. The maximum absolute atomic E-state index is 12.6. The average Bonchev–Trinajstić information content (AvgIpc) is 2.56. The van der Waals surface area contributed by atoms with Crippen molar-refractivity contribution < 1.29 is 4.79 Å². The van der Waals surface area contributed by atoms with Crippen molar-refractivity contribution in [3.05, 3.63) is 49.8 Å². The second-order valence-corrected chi connectivity index (χ2v) is 6.35. The summed E-state index contributed by atoms with van der Waals surface area (Å²) in [6, 6.07) is 4.70. The van der Waals surface area contributed by atoms with Gasteiger partial charge < -0.3 is 10.2 Å². The van der Waals surface area contributed by atoms with Crippen molar-refractivity contribution in [2.24, 2.45) is 0 Å². The molecule has 1 N–H and O–H groups in total. The molecule has 0 aliphatic carbocycles. The highest BCUT2D eigenvalue weighted by atomic mass is 35.5. The van der Waals surface area contributed by atoms with Gasteiger partial charge in [-0.3, -0.25) is 9.59 Å². The Kier molecular flexibility index (Phi) is 6.70. The summed E-state index contributed by atoms with van der Waals surface area (Å²) in [6.45, 7) is 4.79. The van der Waals surface area contributed by atoms with Gasteiger partial charge in [0.25, 0.3) is 5.56 Å². The van der Waals surface area contributed by atoms with Gasteiger partial charge in [-0.2, -0.15) is 9.78 Å². The predicted molar refractivity (Wildman–Crippen MR) is 101 cm³/mol. The molecule has 0 unspecified atom stereocenters. The molecule has 1 heterocycles. The lowest BCUT2D eigenvalue weighted by Gasteiger charge is -2.23. The topological polar surface area (TPSA) is 67.2 Å². The van der Waals surface area contributed by atoms with Crippen molar-refractivity contribution in [3.8, 4) is 5.69 Å². The van der Waals surface area contributed by atoms with Crippen LogP contribution in [0.3, 0.4) is 0 Å². The molecule has 0 aliphatic heterocycles. The van der Waals surface area contributed by atoms with Gasteiger partial charge in [-0.15, -0.1) is 0 Å². The SMILES string of the molecule is CCNC(=O)CN(CC)c1cnn(-c2ccc(Cl)cc2Cl)c(=O)c1Cl. The summed E-state index contributed by atoms with van der Waals surface area (Å²) in [5.74, 6) is -0.162. The minimum Gasteiger partial charge on any atom is -0.360 e. The maximum Gasteiger partial charge on any atom is 0.292 e. The fourth-order valence-corrected chi connectivity index (χ4v) is 3.00. The predicted octanol–water partition coefficient (Wildman–Crippen LogP) is 3.16. The van der Waals surface area contributed by atoms with Crippen molar-refractivity contribution in [2.45, 2.75) is 13.8 Å². The van der Waals surface area contributed by atoms with Crippen LogP contribution >= 0.6 is 34.8 Å². The molecule has 1 aromatic carbocycles. The molecule has 0 spiro atoms. The minimum atomic E-state index is -0.530. The van der Waals surface area contributed by atoms with Gasteiger partial charge in [-0.05, 0) is 32.0 Å². The zero-order chi connectivity index (χ0) is 18.6. The van der Waals surface area contributed by atoms with Crippen LogP contribution in [0, 0.1) is 0 Å². The molecule has 9 heteroatoms. The summed E-state index contributed by atoms with van der Waals surface area (Å²) in [5.41, 5.74) is 0.232. The number of likely N-dealkylation sites (N-methyl/N-ethyl adjacent to an activating group) is 2. The Hall–Kier alpha value is -1.76. The molecular weight excluding hydrogens is 387 g/mol. The standard InChI is InChI=1S/C16H17Cl3N4O2/c1-3-20-14(24)9-22(4-2)13-8-21-23(16(25)15(13)19)12-6-5-10(17)7-11(12)18/h5-8H,3-4,9H2,1-2H3,(H,20,24).